The molecule has 0 saturated carbocycles. The minimum absolute atomic E-state index is 0.0249. The van der Waals surface area contributed by atoms with Crippen LogP contribution in [0.25, 0.3) is 0 Å². The number of nitrogens with one attached hydrogen (secondary N) is 7. The van der Waals surface area contributed by atoms with Crippen LogP contribution in [0.2, 0.25) is 5.02 Å². The molecule has 4 aromatic carbocycles. The third-order valence-electron chi connectivity index (χ3n) is 12.5. The molecule has 26 heteroatoms. The van der Waals surface area contributed by atoms with E-state index in [2.05, 4.69) is 37.2 Å². The molecule has 0 spiro atoms. The zero-order valence-electron chi connectivity index (χ0n) is 43.0. The second kappa shape index (κ2) is 30.7. The number of nitrogens with two attached hydrogens (primary N) is 4. The molecule has 0 radical (unpaired) electrons. The van der Waals surface area contributed by atoms with E-state index in [4.69, 9.17) is 34.5 Å². The number of aliphatic hydroxyl groups is 1. The van der Waals surface area contributed by atoms with Gasteiger partial charge in [0.1, 0.15) is 53.8 Å². The van der Waals surface area contributed by atoms with Gasteiger partial charge in [-0.25, -0.2) is 0 Å². The van der Waals surface area contributed by atoms with Crippen LogP contribution in [-0.4, -0.2) is 141 Å². The molecule has 79 heavy (non-hydrogen) atoms. The number of benzene rings is 4. The Labute approximate surface area is 468 Å². The minimum atomic E-state index is -1.76. The highest BCUT2D eigenvalue weighted by Gasteiger charge is 2.36. The minimum Gasteiger partial charge on any atom is -0.508 e. The predicted octanol–water partition coefficient (Wildman–Crippen LogP) is -0.768. The molecular formula is C53H66ClN11O12S2. The Morgan fingerprint density at radius 1 is 0.646 bits per heavy atom. The maximum atomic E-state index is 14.7. The van der Waals surface area contributed by atoms with Gasteiger partial charge in [0, 0.05) is 41.4 Å². The molecule has 0 bridgehead atoms. The Morgan fingerprint density at radius 2 is 1.14 bits per heavy atom. The highest BCUT2D eigenvalue weighted by Crippen LogP contribution is 2.24. The molecule has 9 amide bonds. The topological polar surface area (TPSA) is 403 Å². The van der Waals surface area contributed by atoms with Gasteiger partial charge >= 0.3 is 0 Å². The molecule has 18 N–H and O–H groups in total. The van der Waals surface area contributed by atoms with E-state index in [0.29, 0.717) is 33.7 Å². The highest BCUT2D eigenvalue weighted by molar-refractivity contribution is 8.76. The molecule has 0 unspecified atom stereocenters. The van der Waals surface area contributed by atoms with Crippen LogP contribution in [0.3, 0.4) is 0 Å². The summed E-state index contributed by atoms with van der Waals surface area (Å²) in [5.41, 5.74) is 25.5. The van der Waals surface area contributed by atoms with E-state index in [1.807, 2.05) is 0 Å². The fourth-order valence-corrected chi connectivity index (χ4v) is 10.5. The Morgan fingerprint density at radius 3 is 1.68 bits per heavy atom. The molecule has 1 saturated heterocycles. The zero-order chi connectivity index (χ0) is 57.8. The molecular weight excluding hydrogens is 1080 g/mol. The Balaban J connectivity index is 1.57. The summed E-state index contributed by atoms with van der Waals surface area (Å²) in [6.07, 6.45) is -1.57. The lowest BCUT2D eigenvalue weighted by Crippen LogP contribution is -2.62. The SMILES string of the molecule is C[C@@H](O)[C@@H]1NC(=O)[C@H](CCCCN)NC(=O)[C@@H](Cc2ccc(C(N)=O)cc2)NC(=O)[C@H](Cc2ccc(O)cc2)NC(=O)[C@H](NC(=O)[C@@H](N)Cc2ccc(Cl)cc2)CSSC[C@@H](C(=O)N[C@H](Cc2ccc(O)cc2)C(N)=O)NC1=O. The molecule has 0 aromatic heterocycles. The number of primary amides is 2. The van der Waals surface area contributed by atoms with E-state index < -0.39 is 108 Å². The first-order valence-electron chi connectivity index (χ1n) is 25.1. The number of hydrogen-bond acceptors (Lipinski definition) is 16. The smallest absolute Gasteiger partial charge is 0.248 e. The van der Waals surface area contributed by atoms with Crippen LogP contribution in [0.4, 0.5) is 0 Å². The van der Waals surface area contributed by atoms with Crippen molar-refractivity contribution < 1.29 is 58.5 Å². The number of rotatable bonds is 19. The van der Waals surface area contributed by atoms with Gasteiger partial charge < -0.3 is 75.5 Å². The number of carbonyl (C=O) groups is 9. The number of hydrogen-bond donors (Lipinski definition) is 14. The lowest BCUT2D eigenvalue weighted by Gasteiger charge is -2.29. The summed E-state index contributed by atoms with van der Waals surface area (Å²) in [6, 6.07) is 12.2. The Bertz CT molecular complexity index is 2760. The van der Waals surface area contributed by atoms with Gasteiger partial charge in [-0.15, -0.1) is 0 Å². The highest BCUT2D eigenvalue weighted by atomic mass is 35.5. The zero-order valence-corrected chi connectivity index (χ0v) is 45.4. The van der Waals surface area contributed by atoms with Gasteiger partial charge in [0.15, 0.2) is 0 Å². The summed E-state index contributed by atoms with van der Waals surface area (Å²) >= 11 is 6.07. The largest absolute Gasteiger partial charge is 0.508 e. The van der Waals surface area contributed by atoms with Crippen molar-refractivity contribution in [2.45, 2.75) is 106 Å². The summed E-state index contributed by atoms with van der Waals surface area (Å²) in [4.78, 5) is 125. The van der Waals surface area contributed by atoms with Crippen molar-refractivity contribution in [2.75, 3.05) is 18.1 Å². The van der Waals surface area contributed by atoms with E-state index in [9.17, 15) is 58.5 Å². The maximum Gasteiger partial charge on any atom is 0.248 e. The number of amides is 9. The maximum absolute atomic E-state index is 14.7. The summed E-state index contributed by atoms with van der Waals surface area (Å²) in [6.45, 7) is 1.41. The van der Waals surface area contributed by atoms with Crippen LogP contribution in [0, 0.1) is 0 Å². The molecule has 1 heterocycles. The normalized spacial score (nSPS) is 21.1. The van der Waals surface area contributed by atoms with Crippen molar-refractivity contribution in [3.05, 3.63) is 130 Å². The molecule has 1 aliphatic rings. The molecule has 23 nitrogen and oxygen atoms in total. The van der Waals surface area contributed by atoms with Gasteiger partial charge in [-0.05, 0) is 110 Å². The van der Waals surface area contributed by atoms with Crippen molar-refractivity contribution in [1.82, 2.24) is 37.2 Å². The Hall–Kier alpha value is -7.42. The lowest BCUT2D eigenvalue weighted by atomic mass is 10.00. The monoisotopic (exact) mass is 1150 g/mol. The Kier molecular flexibility index (Phi) is 24.2. The van der Waals surface area contributed by atoms with Crippen LogP contribution >= 0.6 is 33.2 Å². The van der Waals surface area contributed by atoms with Crippen molar-refractivity contribution in [2.24, 2.45) is 22.9 Å². The van der Waals surface area contributed by atoms with Crippen molar-refractivity contribution in [3.8, 4) is 11.5 Å². The van der Waals surface area contributed by atoms with Gasteiger partial charge in [0.25, 0.3) is 0 Å². The fourth-order valence-electron chi connectivity index (χ4n) is 8.03. The van der Waals surface area contributed by atoms with E-state index in [-0.39, 0.29) is 73.6 Å². The average Bonchev–Trinajstić information content (AvgIpc) is 3.41. The van der Waals surface area contributed by atoms with Gasteiger partial charge in [0.05, 0.1) is 12.1 Å². The van der Waals surface area contributed by atoms with Gasteiger partial charge in [-0.3, -0.25) is 43.2 Å². The van der Waals surface area contributed by atoms with E-state index in [0.717, 1.165) is 21.6 Å². The lowest BCUT2D eigenvalue weighted by molar-refractivity contribution is -0.136. The average molecular weight is 1150 g/mol. The quantitative estimate of drug-likeness (QED) is 0.0405. The molecule has 1 aliphatic heterocycles. The number of phenols is 2. The van der Waals surface area contributed by atoms with Crippen molar-refractivity contribution >= 4 is 86.4 Å². The second-order valence-corrected chi connectivity index (χ2v) is 21.8. The molecule has 424 valence electrons. The van der Waals surface area contributed by atoms with Crippen LogP contribution < -0.4 is 60.2 Å². The van der Waals surface area contributed by atoms with E-state index in [1.54, 1.807) is 24.3 Å². The third-order valence-corrected chi connectivity index (χ3v) is 15.2. The van der Waals surface area contributed by atoms with Gasteiger partial charge in [-0.1, -0.05) is 81.7 Å². The number of halogens is 1. The predicted molar refractivity (Wildman–Crippen MR) is 298 cm³/mol. The number of aromatic hydroxyl groups is 2. The molecule has 1 fully saturated rings. The summed E-state index contributed by atoms with van der Waals surface area (Å²) < 4.78 is 0. The van der Waals surface area contributed by atoms with Crippen LogP contribution in [0.1, 0.15) is 58.8 Å². The number of phenolic OH excluding ortho intramolecular Hbond substituents is 2. The standard InChI is InChI=1S/C53H66ClN11O12S2/c1-28(66)44-53(77)64-43(51(75)60-39(46(58)70)23-31-9-17-35(67)18-10-31)27-79-78-26-42(63-47(71)37(56)22-29-7-15-34(54)16-8-29)52(76)62-41(25-32-11-19-36(68)20-12-32)50(74)61-40(24-30-5-13-33(14-6-30)45(57)69)49(73)59-38(48(72)65-44)4-2-3-21-55/h5-20,28,37-44,66-68H,2-4,21-27,55-56H2,1H3,(H2,57,69)(H2,58,70)(H,59,73)(H,60,75)(H,61,74)(H,62,76)(H,63,71)(H,64,77)(H,65,72)/t28-,37+,38+,39-,40-,41+,42-,43+,44+/m1/s1. The summed E-state index contributed by atoms with van der Waals surface area (Å²) in [7, 11) is 1.90. The van der Waals surface area contributed by atoms with Crippen molar-refractivity contribution in [3.63, 3.8) is 0 Å². The van der Waals surface area contributed by atoms with Gasteiger partial charge in [0.2, 0.25) is 53.2 Å². The van der Waals surface area contributed by atoms with Crippen LogP contribution in [-0.2, 0) is 64.0 Å². The first-order chi connectivity index (χ1) is 37.6. The molecule has 0 aliphatic carbocycles. The molecule has 5 rings (SSSR count). The summed E-state index contributed by atoms with van der Waals surface area (Å²) in [5, 5.41) is 49.7. The van der Waals surface area contributed by atoms with Gasteiger partial charge in [-0.2, -0.15) is 0 Å². The second-order valence-electron chi connectivity index (χ2n) is 18.8. The van der Waals surface area contributed by atoms with E-state index in [1.165, 1.54) is 79.7 Å². The van der Waals surface area contributed by atoms with E-state index >= 15 is 0 Å². The molecule has 4 aromatic rings. The first kappa shape index (κ1) is 62.4. The summed E-state index contributed by atoms with van der Waals surface area (Å²) in [5.74, 6) is -8.79. The van der Waals surface area contributed by atoms with Crippen LogP contribution in [0.5, 0.6) is 11.5 Å². The molecule has 9 atom stereocenters. The van der Waals surface area contributed by atoms with Crippen LogP contribution in [0.15, 0.2) is 97.1 Å². The number of unbranched alkanes of at least 4 members (excludes halogenated alkanes) is 1. The van der Waals surface area contributed by atoms with Crippen molar-refractivity contribution in [1.29, 1.82) is 0 Å². The third kappa shape index (κ3) is 20.1. The fraction of sp³-hybridized carbons (Fsp3) is 0.377. The first-order valence-corrected chi connectivity index (χ1v) is 28.0. The number of carbonyl (C=O) groups excluding carboxylic acids is 9. The number of aliphatic hydroxyl groups excluding tert-OH is 1.